The zero-order valence-electron chi connectivity index (χ0n) is 17.2. The molecule has 0 bridgehead atoms. The molecule has 30 heavy (non-hydrogen) atoms. The highest BCUT2D eigenvalue weighted by molar-refractivity contribution is 14.0. The molecule has 2 aromatic rings. The van der Waals surface area contributed by atoms with Crippen LogP contribution in [0, 0.1) is 0 Å². The van der Waals surface area contributed by atoms with Crippen molar-refractivity contribution in [3.8, 4) is 0 Å². The number of hydrogen-bond donors (Lipinski definition) is 2. The number of benzene rings is 1. The molecule has 0 amide bonds. The van der Waals surface area contributed by atoms with Gasteiger partial charge >= 0.3 is 6.18 Å². The molecule has 0 unspecified atom stereocenters. The number of aliphatic imine (C=N–C) groups is 1. The average molecular weight is 539 g/mol. The Morgan fingerprint density at radius 3 is 2.43 bits per heavy atom. The lowest BCUT2D eigenvalue weighted by atomic mass is 10.1. The molecule has 1 heterocycles. The van der Waals surface area contributed by atoms with E-state index >= 15 is 0 Å². The van der Waals surface area contributed by atoms with Gasteiger partial charge in [0.05, 0.1) is 19.3 Å². The number of guanidine groups is 1. The monoisotopic (exact) mass is 539 g/mol. The summed E-state index contributed by atoms with van der Waals surface area (Å²) in [4.78, 5) is 4.55. The van der Waals surface area contributed by atoms with Gasteiger partial charge in [0.15, 0.2) is 5.96 Å². The first-order chi connectivity index (χ1) is 13.9. The van der Waals surface area contributed by atoms with Crippen LogP contribution in [0.15, 0.2) is 41.7 Å². The van der Waals surface area contributed by atoms with E-state index < -0.39 is 12.8 Å². The number of aromatic nitrogens is 2. The van der Waals surface area contributed by atoms with E-state index in [0.29, 0.717) is 12.1 Å². The van der Waals surface area contributed by atoms with Crippen LogP contribution in [0.4, 0.5) is 13.2 Å². The van der Waals surface area contributed by atoms with Crippen molar-refractivity contribution in [3.05, 3.63) is 53.3 Å². The Hall–Kier alpha value is -1.82. The van der Waals surface area contributed by atoms with Crippen LogP contribution < -0.4 is 10.6 Å². The molecule has 2 N–H and O–H groups in total. The van der Waals surface area contributed by atoms with E-state index in [4.69, 9.17) is 0 Å². The van der Waals surface area contributed by atoms with Crippen LogP contribution in [0.1, 0.15) is 30.0 Å². The van der Waals surface area contributed by atoms with Gasteiger partial charge in [-0.15, -0.1) is 24.0 Å². The van der Waals surface area contributed by atoms with Crippen LogP contribution in [0.3, 0.4) is 0 Å². The van der Waals surface area contributed by atoms with Gasteiger partial charge in [0.1, 0.15) is 6.61 Å². The lowest BCUT2D eigenvalue weighted by molar-refractivity contribution is -0.176. The Balaban J connectivity index is 0.00000450. The third kappa shape index (κ3) is 10.8. The van der Waals surface area contributed by atoms with Crippen molar-refractivity contribution in [1.82, 2.24) is 20.4 Å². The number of aryl methyl sites for hydroxylation is 2. The third-order valence-corrected chi connectivity index (χ3v) is 4.01. The summed E-state index contributed by atoms with van der Waals surface area (Å²) in [5.41, 5.74) is 2.87. The highest BCUT2D eigenvalue weighted by Gasteiger charge is 2.27. The maximum atomic E-state index is 12.1. The lowest BCUT2D eigenvalue weighted by Crippen LogP contribution is -2.37. The van der Waals surface area contributed by atoms with Crippen molar-refractivity contribution in [3.63, 3.8) is 0 Å². The number of hydrogen-bond acceptors (Lipinski definition) is 3. The maximum absolute atomic E-state index is 12.1. The Kier molecular flexibility index (Phi) is 11.8. The van der Waals surface area contributed by atoms with E-state index in [0.717, 1.165) is 37.5 Å². The minimum Gasteiger partial charge on any atom is -0.367 e. The van der Waals surface area contributed by atoms with Gasteiger partial charge in [-0.2, -0.15) is 18.3 Å². The Labute approximate surface area is 192 Å². The second-order valence-corrected chi connectivity index (χ2v) is 6.67. The van der Waals surface area contributed by atoms with Crippen LogP contribution in [0.5, 0.6) is 0 Å². The summed E-state index contributed by atoms with van der Waals surface area (Å²) in [7, 11) is 1.90. The molecule has 0 atom stereocenters. The summed E-state index contributed by atoms with van der Waals surface area (Å²) in [6, 6.07) is 7.22. The van der Waals surface area contributed by atoms with Gasteiger partial charge in [0.25, 0.3) is 0 Å². The van der Waals surface area contributed by atoms with Crippen LogP contribution in [0.2, 0.25) is 0 Å². The number of halogens is 4. The summed E-state index contributed by atoms with van der Waals surface area (Å²) in [5.74, 6) is 0.733. The summed E-state index contributed by atoms with van der Waals surface area (Å²) >= 11 is 0. The first kappa shape index (κ1) is 26.2. The van der Waals surface area contributed by atoms with Gasteiger partial charge in [-0.3, -0.25) is 4.68 Å². The van der Waals surface area contributed by atoms with E-state index in [1.807, 2.05) is 38.5 Å². The molecule has 0 saturated heterocycles. The van der Waals surface area contributed by atoms with E-state index in [2.05, 4.69) is 25.5 Å². The van der Waals surface area contributed by atoms with Crippen molar-refractivity contribution in [2.24, 2.45) is 12.0 Å². The Bertz CT molecular complexity index is 763. The van der Waals surface area contributed by atoms with Gasteiger partial charge in [-0.1, -0.05) is 24.3 Å². The summed E-state index contributed by atoms with van der Waals surface area (Å²) in [6.45, 7) is 2.71. The minimum absolute atomic E-state index is 0. The van der Waals surface area contributed by atoms with Crippen LogP contribution in [-0.2, 0) is 31.4 Å². The summed E-state index contributed by atoms with van der Waals surface area (Å²) in [6.07, 6.45) is 1.48. The topological polar surface area (TPSA) is 63.5 Å². The van der Waals surface area contributed by atoms with E-state index in [9.17, 15) is 13.2 Å². The number of rotatable bonds is 10. The molecule has 0 radical (unpaired) electrons. The van der Waals surface area contributed by atoms with Crippen molar-refractivity contribution in [1.29, 1.82) is 0 Å². The molecular formula is C20H29F3IN5O. The molecule has 2 rings (SSSR count). The van der Waals surface area contributed by atoms with Crippen molar-refractivity contribution >= 4 is 29.9 Å². The molecule has 0 aliphatic heterocycles. The molecule has 0 saturated carbocycles. The zero-order chi connectivity index (χ0) is 21.1. The third-order valence-electron chi connectivity index (χ3n) is 4.01. The van der Waals surface area contributed by atoms with Gasteiger partial charge in [-0.25, -0.2) is 4.99 Å². The zero-order valence-corrected chi connectivity index (χ0v) is 19.5. The number of nitrogens with one attached hydrogen (secondary N) is 2. The summed E-state index contributed by atoms with van der Waals surface area (Å²) < 4.78 is 42.8. The molecule has 6 nitrogen and oxygen atoms in total. The molecule has 1 aromatic heterocycles. The molecule has 0 aliphatic rings. The number of nitrogens with zero attached hydrogens (tertiary/aromatic N) is 3. The van der Waals surface area contributed by atoms with Gasteiger partial charge in [0.2, 0.25) is 0 Å². The fraction of sp³-hybridized carbons (Fsp3) is 0.500. The standard InChI is InChI=1S/C20H28F3N5O.HI/c1-3-24-19(25-10-4-5-18-12-27-28(2)13-18)26-11-16-6-8-17(9-7-16)14-29-15-20(21,22)23;/h6-9,12-13H,3-5,10-11,14-15H2,1-2H3,(H2,24,25,26);1H. The fourth-order valence-corrected chi connectivity index (χ4v) is 2.64. The van der Waals surface area contributed by atoms with E-state index in [-0.39, 0.29) is 30.6 Å². The molecule has 168 valence electrons. The van der Waals surface area contributed by atoms with Crippen molar-refractivity contribution < 1.29 is 17.9 Å². The molecule has 0 fully saturated rings. The molecule has 0 spiro atoms. The maximum Gasteiger partial charge on any atom is 0.411 e. The SMILES string of the molecule is CCNC(=NCc1ccc(COCC(F)(F)F)cc1)NCCCc1cnn(C)c1.I. The second kappa shape index (κ2) is 13.5. The van der Waals surface area contributed by atoms with Crippen molar-refractivity contribution in [2.75, 3.05) is 19.7 Å². The molecule has 1 aromatic carbocycles. The highest BCUT2D eigenvalue weighted by atomic mass is 127. The first-order valence-corrected chi connectivity index (χ1v) is 9.57. The fourth-order valence-electron chi connectivity index (χ4n) is 2.64. The predicted octanol–water partition coefficient (Wildman–Crippen LogP) is 3.80. The second-order valence-electron chi connectivity index (χ2n) is 6.67. The Morgan fingerprint density at radius 2 is 1.83 bits per heavy atom. The summed E-state index contributed by atoms with van der Waals surface area (Å²) in [5, 5.41) is 10.7. The average Bonchev–Trinajstić information content (AvgIpc) is 3.08. The van der Waals surface area contributed by atoms with Crippen LogP contribution in [0.25, 0.3) is 0 Å². The van der Waals surface area contributed by atoms with Crippen LogP contribution in [-0.4, -0.2) is 41.6 Å². The predicted molar refractivity (Wildman–Crippen MR) is 122 cm³/mol. The largest absolute Gasteiger partial charge is 0.411 e. The van der Waals surface area contributed by atoms with E-state index in [1.165, 1.54) is 5.56 Å². The molecular weight excluding hydrogens is 510 g/mol. The number of alkyl halides is 3. The molecule has 0 aliphatic carbocycles. The van der Waals surface area contributed by atoms with E-state index in [1.54, 1.807) is 16.8 Å². The molecule has 10 heteroatoms. The van der Waals surface area contributed by atoms with Crippen LogP contribution >= 0.6 is 24.0 Å². The number of ether oxygens (including phenoxy) is 1. The van der Waals surface area contributed by atoms with Gasteiger partial charge in [-0.05, 0) is 36.5 Å². The highest BCUT2D eigenvalue weighted by Crippen LogP contribution is 2.16. The van der Waals surface area contributed by atoms with Gasteiger partial charge in [0, 0.05) is 26.3 Å². The minimum atomic E-state index is -4.30. The Morgan fingerprint density at radius 1 is 1.13 bits per heavy atom. The van der Waals surface area contributed by atoms with Gasteiger partial charge < -0.3 is 15.4 Å². The lowest BCUT2D eigenvalue weighted by Gasteiger charge is -2.11. The normalized spacial score (nSPS) is 11.8. The van der Waals surface area contributed by atoms with Crippen molar-refractivity contribution in [2.45, 2.75) is 39.1 Å². The smallest absolute Gasteiger partial charge is 0.367 e. The first-order valence-electron chi connectivity index (χ1n) is 9.57. The quantitative estimate of drug-likeness (QED) is 0.209.